The number of nitriles is 1. The molecule has 1 saturated carbocycles. The molecule has 1 heterocycles. The summed E-state index contributed by atoms with van der Waals surface area (Å²) in [6.07, 6.45) is 3.28. The highest BCUT2D eigenvalue weighted by molar-refractivity contribution is 7.99. The summed E-state index contributed by atoms with van der Waals surface area (Å²) in [5, 5.41) is 18.2. The maximum Gasteiger partial charge on any atom is 0.104 e. The number of aryl methyl sites for hydroxylation is 2. The highest BCUT2D eigenvalue weighted by Crippen LogP contribution is 2.26. The molecule has 1 atom stereocenters. The van der Waals surface area contributed by atoms with Gasteiger partial charge in [-0.1, -0.05) is 0 Å². The zero-order valence-electron chi connectivity index (χ0n) is 11.2. The Morgan fingerprint density at radius 3 is 2.89 bits per heavy atom. The van der Waals surface area contributed by atoms with Gasteiger partial charge in [0, 0.05) is 18.8 Å². The van der Waals surface area contributed by atoms with Crippen molar-refractivity contribution in [2.75, 3.05) is 5.75 Å². The summed E-state index contributed by atoms with van der Waals surface area (Å²) in [6.45, 7) is 4.00. The zero-order chi connectivity index (χ0) is 13.2. The van der Waals surface area contributed by atoms with E-state index in [2.05, 4.69) is 22.6 Å². The molecule has 1 aromatic rings. The average Bonchev–Trinajstić information content (AvgIpc) is 3.05. The van der Waals surface area contributed by atoms with Gasteiger partial charge in [-0.15, -0.1) is 11.8 Å². The average molecular weight is 264 g/mol. The van der Waals surface area contributed by atoms with Gasteiger partial charge in [-0.05, 0) is 39.2 Å². The lowest BCUT2D eigenvalue weighted by atomic mass is 10.0. The standard InChI is InChI=1S/C13H20N4S/c1-10-8-12(17(3)16-10)18-7-6-13(2,9-14)15-11-4-5-11/h8,11,15H,4-7H2,1-3H3. The molecular formula is C13H20N4S. The lowest BCUT2D eigenvalue weighted by Crippen LogP contribution is -2.42. The molecule has 1 aromatic heterocycles. The Labute approximate surface area is 113 Å². The van der Waals surface area contributed by atoms with E-state index in [1.165, 1.54) is 17.9 Å². The summed E-state index contributed by atoms with van der Waals surface area (Å²) in [5.41, 5.74) is 0.654. The van der Waals surface area contributed by atoms with Crippen LogP contribution in [0, 0.1) is 18.3 Å². The summed E-state index contributed by atoms with van der Waals surface area (Å²) in [7, 11) is 1.96. The molecule has 1 aliphatic carbocycles. The van der Waals surface area contributed by atoms with Crippen LogP contribution < -0.4 is 5.32 Å². The van der Waals surface area contributed by atoms with E-state index in [0.717, 1.165) is 17.9 Å². The fourth-order valence-corrected chi connectivity index (χ4v) is 3.12. The summed E-state index contributed by atoms with van der Waals surface area (Å²) >= 11 is 1.77. The first kappa shape index (κ1) is 13.4. The molecule has 0 aromatic carbocycles. The third kappa shape index (κ3) is 3.50. The quantitative estimate of drug-likeness (QED) is 0.801. The summed E-state index contributed by atoms with van der Waals surface area (Å²) in [6, 6.07) is 5.06. The fraction of sp³-hybridized carbons (Fsp3) is 0.692. The number of nitrogens with zero attached hydrogens (tertiary/aromatic N) is 3. The lowest BCUT2D eigenvalue weighted by Gasteiger charge is -2.22. The van der Waals surface area contributed by atoms with E-state index in [-0.39, 0.29) is 5.54 Å². The number of hydrogen-bond acceptors (Lipinski definition) is 4. The Bertz CT molecular complexity index is 458. The van der Waals surface area contributed by atoms with Crippen LogP contribution in [0.5, 0.6) is 0 Å². The molecule has 98 valence electrons. The van der Waals surface area contributed by atoms with Crippen molar-refractivity contribution in [1.29, 1.82) is 5.26 Å². The summed E-state index contributed by atoms with van der Waals surface area (Å²) < 4.78 is 1.90. The molecule has 1 aliphatic rings. The van der Waals surface area contributed by atoms with Gasteiger partial charge in [-0.25, -0.2) is 0 Å². The van der Waals surface area contributed by atoms with Crippen molar-refractivity contribution in [2.24, 2.45) is 7.05 Å². The predicted molar refractivity (Wildman–Crippen MR) is 73.5 cm³/mol. The van der Waals surface area contributed by atoms with Crippen molar-refractivity contribution in [3.8, 4) is 6.07 Å². The first-order valence-electron chi connectivity index (χ1n) is 6.35. The SMILES string of the molecule is Cc1cc(SCCC(C)(C#N)NC2CC2)n(C)n1. The van der Waals surface area contributed by atoms with Gasteiger partial charge < -0.3 is 0 Å². The number of thioether (sulfide) groups is 1. The van der Waals surface area contributed by atoms with Gasteiger partial charge in [0.25, 0.3) is 0 Å². The Hall–Kier alpha value is -0.990. The van der Waals surface area contributed by atoms with Crippen LogP contribution in [0.3, 0.4) is 0 Å². The third-order valence-electron chi connectivity index (χ3n) is 3.16. The Balaban J connectivity index is 1.83. The second-order valence-electron chi connectivity index (χ2n) is 5.21. The smallest absolute Gasteiger partial charge is 0.104 e. The first-order chi connectivity index (χ1) is 8.52. The minimum Gasteiger partial charge on any atom is -0.297 e. The monoisotopic (exact) mass is 264 g/mol. The Morgan fingerprint density at radius 2 is 2.39 bits per heavy atom. The van der Waals surface area contributed by atoms with E-state index >= 15 is 0 Å². The number of nitrogens with one attached hydrogen (secondary N) is 1. The third-order valence-corrected chi connectivity index (χ3v) is 4.24. The minimum atomic E-state index is -0.387. The topological polar surface area (TPSA) is 53.6 Å². The summed E-state index contributed by atoms with van der Waals surface area (Å²) in [4.78, 5) is 0. The molecule has 0 bridgehead atoms. The van der Waals surface area contributed by atoms with Crippen molar-refractivity contribution in [1.82, 2.24) is 15.1 Å². The van der Waals surface area contributed by atoms with E-state index < -0.39 is 0 Å². The van der Waals surface area contributed by atoms with Crippen molar-refractivity contribution in [2.45, 2.75) is 49.7 Å². The summed E-state index contributed by atoms with van der Waals surface area (Å²) in [5.74, 6) is 0.933. The molecule has 2 rings (SSSR count). The highest BCUT2D eigenvalue weighted by atomic mass is 32.2. The van der Waals surface area contributed by atoms with Crippen LogP contribution in [0.25, 0.3) is 0 Å². The molecule has 0 spiro atoms. The van der Waals surface area contributed by atoms with Gasteiger partial charge in [0.1, 0.15) is 5.54 Å². The number of aromatic nitrogens is 2. The molecule has 1 unspecified atom stereocenters. The van der Waals surface area contributed by atoms with E-state index in [9.17, 15) is 5.26 Å². The molecule has 0 amide bonds. The van der Waals surface area contributed by atoms with E-state index in [0.29, 0.717) is 6.04 Å². The van der Waals surface area contributed by atoms with Crippen molar-refractivity contribution < 1.29 is 0 Å². The molecule has 4 nitrogen and oxygen atoms in total. The normalized spacial score (nSPS) is 18.3. The van der Waals surface area contributed by atoms with E-state index in [1.807, 2.05) is 25.6 Å². The zero-order valence-corrected chi connectivity index (χ0v) is 12.0. The van der Waals surface area contributed by atoms with Gasteiger partial charge in [0.15, 0.2) is 0 Å². The van der Waals surface area contributed by atoms with Crippen molar-refractivity contribution >= 4 is 11.8 Å². The van der Waals surface area contributed by atoms with Crippen LogP contribution in [0.1, 0.15) is 31.9 Å². The largest absolute Gasteiger partial charge is 0.297 e. The Kier molecular flexibility index (Phi) is 3.98. The van der Waals surface area contributed by atoms with Crippen LogP contribution in [0.4, 0.5) is 0 Å². The van der Waals surface area contributed by atoms with Gasteiger partial charge in [0.2, 0.25) is 0 Å². The molecule has 18 heavy (non-hydrogen) atoms. The van der Waals surface area contributed by atoms with Crippen LogP contribution >= 0.6 is 11.8 Å². The van der Waals surface area contributed by atoms with Gasteiger partial charge in [-0.3, -0.25) is 10.00 Å². The molecule has 0 saturated heterocycles. The molecule has 1 N–H and O–H groups in total. The molecule has 5 heteroatoms. The first-order valence-corrected chi connectivity index (χ1v) is 7.33. The van der Waals surface area contributed by atoms with Crippen molar-refractivity contribution in [3.05, 3.63) is 11.8 Å². The van der Waals surface area contributed by atoms with Crippen molar-refractivity contribution in [3.63, 3.8) is 0 Å². The van der Waals surface area contributed by atoms with E-state index in [1.54, 1.807) is 11.8 Å². The second-order valence-corrected chi connectivity index (χ2v) is 6.32. The van der Waals surface area contributed by atoms with Crippen LogP contribution in [0.2, 0.25) is 0 Å². The fourth-order valence-electron chi connectivity index (χ4n) is 1.92. The minimum absolute atomic E-state index is 0.387. The number of rotatable bonds is 6. The molecular weight excluding hydrogens is 244 g/mol. The second kappa shape index (κ2) is 5.33. The molecule has 0 aliphatic heterocycles. The van der Waals surface area contributed by atoms with Gasteiger partial charge >= 0.3 is 0 Å². The van der Waals surface area contributed by atoms with Gasteiger partial charge in [-0.2, -0.15) is 10.4 Å². The van der Waals surface area contributed by atoms with E-state index in [4.69, 9.17) is 0 Å². The molecule has 1 fully saturated rings. The van der Waals surface area contributed by atoms with Gasteiger partial charge in [0.05, 0.1) is 16.8 Å². The maximum absolute atomic E-state index is 9.28. The highest BCUT2D eigenvalue weighted by Gasteiger charge is 2.32. The Morgan fingerprint density at radius 1 is 1.67 bits per heavy atom. The number of hydrogen-bond donors (Lipinski definition) is 1. The maximum atomic E-state index is 9.28. The van der Waals surface area contributed by atoms with Crippen LogP contribution in [0.15, 0.2) is 11.1 Å². The lowest BCUT2D eigenvalue weighted by molar-refractivity contribution is 0.433. The van der Waals surface area contributed by atoms with Crippen LogP contribution in [-0.4, -0.2) is 27.1 Å². The predicted octanol–water partition coefficient (Wildman–Crippen LogP) is 2.25. The van der Waals surface area contributed by atoms with Crippen LogP contribution in [-0.2, 0) is 7.05 Å². The molecule has 0 radical (unpaired) electrons.